The molecule has 0 aliphatic rings. The molecule has 12 aromatic rings. The summed E-state index contributed by atoms with van der Waals surface area (Å²) in [5.41, 5.74) is 7.53. The fourth-order valence-electron chi connectivity index (χ4n) is 7.28. The van der Waals surface area contributed by atoms with Gasteiger partial charge in [-0.25, -0.2) is 0 Å². The third-order valence-corrected chi connectivity index (χ3v) is 10.2. The number of hydrogen-bond donors (Lipinski definition) is 0. The van der Waals surface area contributed by atoms with Crippen LogP contribution in [0.1, 0.15) is 0 Å². The predicted molar refractivity (Wildman–Crippen MR) is 250 cm³/mol. The van der Waals surface area contributed by atoms with Crippen molar-refractivity contribution in [1.82, 2.24) is 29.9 Å². The molecule has 6 heterocycles. The van der Waals surface area contributed by atoms with Crippen LogP contribution in [-0.4, -0.2) is 34.2 Å². The molecule has 0 aliphatic heterocycles. The molecule has 6 aromatic heterocycles. The van der Waals surface area contributed by atoms with E-state index < -0.39 is 0 Å². The summed E-state index contributed by atoms with van der Waals surface area (Å²) in [6, 6.07) is 66.8. The van der Waals surface area contributed by atoms with Crippen LogP contribution in [0.3, 0.4) is 0 Å². The van der Waals surface area contributed by atoms with E-state index in [0.29, 0.717) is 11.8 Å². The fraction of sp³-hybridized carbons (Fsp3) is 0.0370. The second kappa shape index (κ2) is 21.4. The number of hydrogen-bond acceptors (Lipinski definition) is 6. The number of fused-ring (bicyclic) bond motifs is 8. The first-order valence-electron chi connectivity index (χ1n) is 20.0. The van der Waals surface area contributed by atoms with E-state index in [4.69, 9.17) is 9.47 Å². The van der Waals surface area contributed by atoms with Gasteiger partial charge in [-0.05, 0) is 79.5 Å². The third-order valence-electron chi connectivity index (χ3n) is 10.2. The molecule has 6 aromatic carbocycles. The Kier molecular flexibility index (Phi) is 15.1. The summed E-state index contributed by atoms with van der Waals surface area (Å²) in [6.07, 6.45) is 3.62. The number of ether oxygens (including phenoxy) is 2. The SMILES string of the molecule is COc1ccc2c(n1)[n-]c1ccccc12.COc1ccc2c(n1)[n-]c1ccccc12.[Pt+2].[Pt+2].[c-]1ccc2ccccc2c1-c1ccccn1.[c-]1ccc2ccccc2c1-c1ccccn1. The van der Waals surface area contributed by atoms with Crippen LogP contribution >= 0.6 is 0 Å². The average molecular weight is 1190 g/mol. The van der Waals surface area contributed by atoms with Gasteiger partial charge in [0.1, 0.15) is 11.8 Å². The Balaban J connectivity index is 0.000000126. The standard InChI is InChI=1S/2C15H10N.2C12H9N2O.2Pt/c2*1-2-8-13-12(6-1)7-5-9-14(13)15-10-3-4-11-16-15;2*1-15-11-7-6-9-8-4-2-3-5-10(8)13-12(9)14-11;;/h2*1-8,10-11H;2*2-7H,1H3;;/q4*-1;2*+2. The summed E-state index contributed by atoms with van der Waals surface area (Å²) < 4.78 is 10.1. The largest absolute Gasteiger partial charge is 2.00 e. The van der Waals surface area contributed by atoms with Crippen LogP contribution in [0.25, 0.3) is 87.9 Å². The van der Waals surface area contributed by atoms with E-state index in [9.17, 15) is 0 Å². The molecule has 316 valence electrons. The molecule has 0 saturated carbocycles. The molecule has 12 rings (SSSR count). The molecule has 0 N–H and O–H groups in total. The monoisotopic (exact) mass is 1190 g/mol. The number of aromatic nitrogens is 6. The summed E-state index contributed by atoms with van der Waals surface area (Å²) in [6.45, 7) is 0. The zero-order chi connectivity index (χ0) is 42.1. The fourth-order valence-corrected chi connectivity index (χ4v) is 7.28. The minimum atomic E-state index is 0. The van der Waals surface area contributed by atoms with Crippen molar-refractivity contribution in [2.24, 2.45) is 0 Å². The molecule has 10 heteroatoms. The Morgan fingerprint density at radius 3 is 1.19 bits per heavy atom. The van der Waals surface area contributed by atoms with Gasteiger partial charge >= 0.3 is 42.1 Å². The van der Waals surface area contributed by atoms with E-state index >= 15 is 0 Å². The van der Waals surface area contributed by atoms with Gasteiger partial charge in [-0.15, -0.1) is 58.3 Å². The molecule has 0 atom stereocenters. The zero-order valence-electron chi connectivity index (χ0n) is 34.6. The summed E-state index contributed by atoms with van der Waals surface area (Å²) in [7, 11) is 3.22. The summed E-state index contributed by atoms with van der Waals surface area (Å²) in [4.78, 5) is 26.2. The second-order valence-corrected chi connectivity index (χ2v) is 14.0. The Labute approximate surface area is 399 Å². The molecule has 0 fully saturated rings. The Hall–Kier alpha value is -6.98. The molecule has 0 saturated heterocycles. The smallest absolute Gasteiger partial charge is 0.500 e. The number of para-hydroxylation sites is 2. The summed E-state index contributed by atoms with van der Waals surface area (Å²) in [5, 5.41) is 9.28. The van der Waals surface area contributed by atoms with Crippen LogP contribution in [0.15, 0.2) is 194 Å². The van der Waals surface area contributed by atoms with Crippen LogP contribution < -0.4 is 19.4 Å². The first kappa shape index (κ1) is 45.1. The number of pyridine rings is 4. The van der Waals surface area contributed by atoms with Crippen molar-refractivity contribution < 1.29 is 51.6 Å². The molecule has 0 radical (unpaired) electrons. The van der Waals surface area contributed by atoms with Gasteiger partial charge in [0, 0.05) is 12.4 Å². The van der Waals surface area contributed by atoms with Gasteiger partial charge in [0.15, 0.2) is 0 Å². The van der Waals surface area contributed by atoms with Crippen molar-refractivity contribution in [1.29, 1.82) is 0 Å². The summed E-state index contributed by atoms with van der Waals surface area (Å²) >= 11 is 0. The Morgan fingerprint density at radius 2 is 0.781 bits per heavy atom. The molecular formula is C54H38N6O2Pt2. The van der Waals surface area contributed by atoms with Crippen LogP contribution in [0.4, 0.5) is 0 Å². The van der Waals surface area contributed by atoms with Crippen molar-refractivity contribution in [3.63, 3.8) is 0 Å². The van der Waals surface area contributed by atoms with Gasteiger partial charge in [-0.1, -0.05) is 144 Å². The van der Waals surface area contributed by atoms with E-state index in [1.54, 1.807) is 14.2 Å². The van der Waals surface area contributed by atoms with Crippen LogP contribution in [-0.2, 0) is 42.1 Å². The molecule has 64 heavy (non-hydrogen) atoms. The third kappa shape index (κ3) is 9.95. The zero-order valence-corrected chi connectivity index (χ0v) is 39.2. The van der Waals surface area contributed by atoms with E-state index in [-0.39, 0.29) is 42.1 Å². The van der Waals surface area contributed by atoms with E-state index in [1.165, 1.54) is 21.5 Å². The van der Waals surface area contributed by atoms with Crippen molar-refractivity contribution in [2.75, 3.05) is 14.2 Å². The molecule has 0 bridgehead atoms. The molecule has 0 spiro atoms. The maximum absolute atomic E-state index is 5.07. The van der Waals surface area contributed by atoms with Crippen LogP contribution in [0.2, 0.25) is 0 Å². The molecule has 8 nitrogen and oxygen atoms in total. The first-order valence-corrected chi connectivity index (χ1v) is 20.0. The maximum atomic E-state index is 5.07. The molecule has 0 amide bonds. The number of methoxy groups -OCH3 is 2. The maximum Gasteiger partial charge on any atom is 2.00 e. The van der Waals surface area contributed by atoms with Gasteiger partial charge in [0.2, 0.25) is 0 Å². The molecular weight excluding hydrogens is 1150 g/mol. The minimum Gasteiger partial charge on any atom is -0.500 e. The van der Waals surface area contributed by atoms with Crippen molar-refractivity contribution in [2.45, 2.75) is 0 Å². The molecule has 0 aliphatic carbocycles. The van der Waals surface area contributed by atoms with E-state index in [0.717, 1.165) is 66.4 Å². The van der Waals surface area contributed by atoms with Gasteiger partial charge in [0.25, 0.3) is 0 Å². The molecule has 0 unspecified atom stereocenters. The number of nitrogens with zero attached hydrogens (tertiary/aromatic N) is 6. The topological polar surface area (TPSA) is 98.2 Å². The first-order chi connectivity index (χ1) is 30.7. The Morgan fingerprint density at radius 1 is 0.391 bits per heavy atom. The normalized spacial score (nSPS) is 10.4. The Bertz CT molecular complexity index is 3170. The van der Waals surface area contributed by atoms with Crippen molar-refractivity contribution in [3.8, 4) is 34.3 Å². The number of rotatable bonds is 4. The summed E-state index contributed by atoms with van der Waals surface area (Å²) in [5.74, 6) is 1.20. The second-order valence-electron chi connectivity index (χ2n) is 14.0. The van der Waals surface area contributed by atoms with Gasteiger partial charge in [0.05, 0.1) is 14.2 Å². The van der Waals surface area contributed by atoms with Crippen molar-refractivity contribution >= 4 is 65.4 Å². The van der Waals surface area contributed by atoms with Crippen molar-refractivity contribution in [3.05, 3.63) is 207 Å². The van der Waals surface area contributed by atoms with E-state index in [2.05, 4.69) is 90.6 Å². The van der Waals surface area contributed by atoms with E-state index in [1.807, 2.05) is 146 Å². The van der Waals surface area contributed by atoms with Crippen LogP contribution in [0.5, 0.6) is 11.8 Å². The minimum absolute atomic E-state index is 0. The van der Waals surface area contributed by atoms with Gasteiger partial charge in [-0.2, -0.15) is 0 Å². The van der Waals surface area contributed by atoms with Gasteiger partial charge in [-0.3, -0.25) is 0 Å². The quantitative estimate of drug-likeness (QED) is 0.161. The average Bonchev–Trinajstić information content (AvgIpc) is 3.92. The predicted octanol–water partition coefficient (Wildman–Crippen LogP) is 12.1. The van der Waals surface area contributed by atoms with Gasteiger partial charge < -0.3 is 39.4 Å². The number of benzene rings is 6. The van der Waals surface area contributed by atoms with Crippen LogP contribution in [0, 0.1) is 12.1 Å².